The topological polar surface area (TPSA) is 55.4 Å². The maximum atomic E-state index is 11.5. The lowest BCUT2D eigenvalue weighted by molar-refractivity contribution is -0.144. The average Bonchev–Trinajstić information content (AvgIpc) is 3.23. The van der Waals surface area contributed by atoms with Crippen LogP contribution in [0.4, 0.5) is 0 Å². The van der Waals surface area contributed by atoms with Crippen LogP contribution in [0.25, 0.3) is 0 Å². The molecule has 2 aliphatic carbocycles. The van der Waals surface area contributed by atoms with Crippen LogP contribution >= 0.6 is 0 Å². The predicted octanol–water partition coefficient (Wildman–Crippen LogP) is 1.72. The van der Waals surface area contributed by atoms with E-state index in [1.54, 1.807) is 0 Å². The minimum Gasteiger partial charge on any atom is -0.342 e. The number of hydrogen-bond donors (Lipinski definition) is 1. The van der Waals surface area contributed by atoms with Crippen molar-refractivity contribution in [1.82, 2.24) is 5.32 Å². The summed E-state index contributed by atoms with van der Waals surface area (Å²) in [5.74, 6) is 0.512. The summed E-state index contributed by atoms with van der Waals surface area (Å²) in [6.07, 6.45) is 10.9. The summed E-state index contributed by atoms with van der Waals surface area (Å²) in [6, 6.07) is 0. The molecule has 1 saturated carbocycles. The van der Waals surface area contributed by atoms with Gasteiger partial charge in [-0.3, -0.25) is 9.59 Å². The Morgan fingerprint density at radius 1 is 1.44 bits per heavy atom. The third-order valence-electron chi connectivity index (χ3n) is 3.58. The van der Waals surface area contributed by atoms with Gasteiger partial charge in [0.15, 0.2) is 6.29 Å². The standard InChI is InChI=1S/C14H19NO3/c1-11(12-7-8-12)18-14(9-16,15-10-17)13-5-3-2-4-6-13/h2-3,6,9-12H,4-5,7-8H2,1H3,(H,15,17). The molecule has 0 aromatic heterocycles. The van der Waals surface area contributed by atoms with Crippen LogP contribution in [0.5, 0.6) is 0 Å². The van der Waals surface area contributed by atoms with Gasteiger partial charge in [-0.25, -0.2) is 0 Å². The van der Waals surface area contributed by atoms with Crippen molar-refractivity contribution >= 4 is 12.7 Å². The fourth-order valence-electron chi connectivity index (χ4n) is 2.29. The van der Waals surface area contributed by atoms with Gasteiger partial charge in [0.2, 0.25) is 12.1 Å². The molecule has 0 aliphatic heterocycles. The smallest absolute Gasteiger partial charge is 0.220 e. The largest absolute Gasteiger partial charge is 0.342 e. The van der Waals surface area contributed by atoms with E-state index in [-0.39, 0.29) is 6.10 Å². The molecule has 0 saturated heterocycles. The minimum absolute atomic E-state index is 0.0190. The number of nitrogens with one attached hydrogen (secondary N) is 1. The zero-order valence-electron chi connectivity index (χ0n) is 10.6. The van der Waals surface area contributed by atoms with Crippen LogP contribution < -0.4 is 5.32 Å². The second-order valence-electron chi connectivity index (χ2n) is 4.92. The minimum atomic E-state index is -1.28. The monoisotopic (exact) mass is 249 g/mol. The first kappa shape index (κ1) is 13.0. The first-order valence-electron chi connectivity index (χ1n) is 6.42. The highest BCUT2D eigenvalue weighted by Crippen LogP contribution is 2.37. The van der Waals surface area contributed by atoms with E-state index in [0.29, 0.717) is 25.0 Å². The molecule has 0 bridgehead atoms. The van der Waals surface area contributed by atoms with E-state index in [1.807, 2.05) is 25.2 Å². The summed E-state index contributed by atoms with van der Waals surface area (Å²) in [5.41, 5.74) is -0.464. The molecule has 98 valence electrons. The third-order valence-corrected chi connectivity index (χ3v) is 3.58. The normalized spacial score (nSPS) is 23.7. The van der Waals surface area contributed by atoms with Gasteiger partial charge >= 0.3 is 0 Å². The maximum absolute atomic E-state index is 11.5. The van der Waals surface area contributed by atoms with E-state index in [2.05, 4.69) is 5.32 Å². The highest BCUT2D eigenvalue weighted by molar-refractivity contribution is 5.73. The van der Waals surface area contributed by atoms with Crippen molar-refractivity contribution in [1.29, 1.82) is 0 Å². The van der Waals surface area contributed by atoms with E-state index in [0.717, 1.165) is 24.8 Å². The molecule has 2 atom stereocenters. The SMILES string of the molecule is CC(OC(C=O)(NC=O)C1=CCC=CC1)C1CC1. The summed E-state index contributed by atoms with van der Waals surface area (Å²) < 4.78 is 5.88. The predicted molar refractivity (Wildman–Crippen MR) is 67.7 cm³/mol. The number of rotatable bonds is 7. The van der Waals surface area contributed by atoms with Crippen LogP contribution in [0.2, 0.25) is 0 Å². The molecule has 1 N–H and O–H groups in total. The first-order valence-corrected chi connectivity index (χ1v) is 6.42. The number of aldehydes is 1. The van der Waals surface area contributed by atoms with Gasteiger partial charge in [0, 0.05) is 0 Å². The van der Waals surface area contributed by atoms with E-state index in [9.17, 15) is 9.59 Å². The summed E-state index contributed by atoms with van der Waals surface area (Å²) in [5, 5.41) is 2.56. The Kier molecular flexibility index (Phi) is 3.97. The molecule has 4 heteroatoms. The molecule has 2 unspecified atom stereocenters. The van der Waals surface area contributed by atoms with E-state index in [4.69, 9.17) is 4.74 Å². The van der Waals surface area contributed by atoms with Crippen LogP contribution in [0.3, 0.4) is 0 Å². The molecule has 2 rings (SSSR count). The molecule has 0 spiro atoms. The van der Waals surface area contributed by atoms with E-state index in [1.165, 1.54) is 0 Å². The van der Waals surface area contributed by atoms with Crippen LogP contribution in [0.1, 0.15) is 32.6 Å². The number of carbonyl (C=O) groups excluding carboxylic acids is 2. The maximum Gasteiger partial charge on any atom is 0.220 e. The van der Waals surface area contributed by atoms with Crippen LogP contribution in [0.15, 0.2) is 23.8 Å². The Balaban J connectivity index is 2.16. The Bertz CT molecular complexity index is 385. The highest BCUT2D eigenvalue weighted by atomic mass is 16.5. The fraction of sp³-hybridized carbons (Fsp3) is 0.571. The van der Waals surface area contributed by atoms with Crippen molar-refractivity contribution in [3.05, 3.63) is 23.8 Å². The molecular formula is C14H19NO3. The van der Waals surface area contributed by atoms with Crippen molar-refractivity contribution in [3.63, 3.8) is 0 Å². The number of amides is 1. The Morgan fingerprint density at radius 3 is 2.72 bits per heavy atom. The lowest BCUT2D eigenvalue weighted by Gasteiger charge is -2.33. The van der Waals surface area contributed by atoms with Crippen molar-refractivity contribution in [2.24, 2.45) is 5.92 Å². The fourth-order valence-corrected chi connectivity index (χ4v) is 2.29. The summed E-state index contributed by atoms with van der Waals surface area (Å²) in [7, 11) is 0. The second kappa shape index (κ2) is 5.48. The number of allylic oxidation sites excluding steroid dienone is 3. The van der Waals surface area contributed by atoms with Crippen molar-refractivity contribution < 1.29 is 14.3 Å². The third kappa shape index (κ3) is 2.70. The van der Waals surface area contributed by atoms with Gasteiger partial charge in [-0.05, 0) is 44.1 Å². The van der Waals surface area contributed by atoms with Gasteiger partial charge in [0.05, 0.1) is 6.10 Å². The zero-order chi connectivity index (χ0) is 13.0. The molecule has 1 amide bonds. The number of ether oxygens (including phenoxy) is 1. The van der Waals surface area contributed by atoms with Crippen molar-refractivity contribution in [2.45, 2.75) is 44.4 Å². The van der Waals surface area contributed by atoms with Crippen LogP contribution in [0, 0.1) is 5.92 Å². The Labute approximate surface area is 107 Å². The van der Waals surface area contributed by atoms with Crippen molar-refractivity contribution in [2.75, 3.05) is 0 Å². The van der Waals surface area contributed by atoms with Gasteiger partial charge in [-0.1, -0.05) is 18.2 Å². The number of hydrogen-bond acceptors (Lipinski definition) is 3. The highest BCUT2D eigenvalue weighted by Gasteiger charge is 2.40. The van der Waals surface area contributed by atoms with E-state index < -0.39 is 5.72 Å². The molecule has 2 aliphatic rings. The molecule has 1 fully saturated rings. The van der Waals surface area contributed by atoms with Gasteiger partial charge in [-0.15, -0.1) is 0 Å². The summed E-state index contributed by atoms with van der Waals surface area (Å²) >= 11 is 0. The lowest BCUT2D eigenvalue weighted by atomic mass is 9.95. The second-order valence-corrected chi connectivity index (χ2v) is 4.92. The van der Waals surface area contributed by atoms with Crippen LogP contribution in [-0.2, 0) is 14.3 Å². The molecule has 0 aromatic rings. The molecule has 0 aromatic carbocycles. The van der Waals surface area contributed by atoms with Crippen molar-refractivity contribution in [3.8, 4) is 0 Å². The molecular weight excluding hydrogens is 230 g/mol. The zero-order valence-corrected chi connectivity index (χ0v) is 10.6. The molecule has 4 nitrogen and oxygen atoms in total. The van der Waals surface area contributed by atoms with Gasteiger partial charge in [-0.2, -0.15) is 0 Å². The van der Waals surface area contributed by atoms with E-state index >= 15 is 0 Å². The lowest BCUT2D eigenvalue weighted by Crippen LogP contribution is -2.52. The number of carbonyl (C=O) groups is 2. The average molecular weight is 249 g/mol. The summed E-state index contributed by atoms with van der Waals surface area (Å²) in [6.45, 7) is 1.96. The van der Waals surface area contributed by atoms with Gasteiger partial charge in [0.25, 0.3) is 0 Å². The first-order chi connectivity index (χ1) is 8.72. The molecule has 18 heavy (non-hydrogen) atoms. The quantitative estimate of drug-likeness (QED) is 0.424. The molecule has 0 radical (unpaired) electrons. The Hall–Kier alpha value is -1.42. The van der Waals surface area contributed by atoms with Crippen LogP contribution in [-0.4, -0.2) is 24.5 Å². The van der Waals surface area contributed by atoms with Gasteiger partial charge < -0.3 is 10.1 Å². The van der Waals surface area contributed by atoms with Gasteiger partial charge in [0.1, 0.15) is 0 Å². The Morgan fingerprint density at radius 2 is 2.22 bits per heavy atom. The summed E-state index contributed by atoms with van der Waals surface area (Å²) in [4.78, 5) is 22.3. The molecule has 0 heterocycles.